The summed E-state index contributed by atoms with van der Waals surface area (Å²) in [6, 6.07) is 9.41. The number of nitrogens with zero attached hydrogens (tertiary/aromatic N) is 5. The topological polar surface area (TPSA) is 77.8 Å². The molecule has 6 rings (SSSR count). The fraction of sp³-hybridized carbons (Fsp3) is 0.355. The summed E-state index contributed by atoms with van der Waals surface area (Å²) in [5.41, 5.74) is 4.37. The third kappa shape index (κ3) is 6.22. The van der Waals surface area contributed by atoms with Gasteiger partial charge in [-0.25, -0.2) is 13.8 Å². The number of pyridine rings is 1. The monoisotopic (exact) mass is 607 g/mol. The van der Waals surface area contributed by atoms with E-state index >= 15 is 0 Å². The summed E-state index contributed by atoms with van der Waals surface area (Å²) in [6.07, 6.45) is 7.74. The normalized spacial score (nSPS) is 22.4. The van der Waals surface area contributed by atoms with Crippen molar-refractivity contribution in [1.82, 2.24) is 25.5 Å². The van der Waals surface area contributed by atoms with E-state index in [9.17, 15) is 8.78 Å². The third-order valence-electron chi connectivity index (χ3n) is 7.65. The molecule has 2 aromatic heterocycles. The quantitative estimate of drug-likeness (QED) is 0.289. The molecule has 11 heteroatoms. The van der Waals surface area contributed by atoms with Crippen LogP contribution in [0.3, 0.4) is 0 Å². The molecule has 7 nitrogen and oxygen atoms in total. The van der Waals surface area contributed by atoms with Crippen molar-refractivity contribution in [1.29, 1.82) is 0 Å². The van der Waals surface area contributed by atoms with Crippen LogP contribution in [0.15, 0.2) is 87.6 Å². The van der Waals surface area contributed by atoms with Gasteiger partial charge in [0.25, 0.3) is 0 Å². The molecule has 3 aliphatic heterocycles. The van der Waals surface area contributed by atoms with Gasteiger partial charge in [-0.15, -0.1) is 11.3 Å². The van der Waals surface area contributed by atoms with Crippen LogP contribution in [-0.4, -0.2) is 70.8 Å². The minimum atomic E-state index is -1.12. The lowest BCUT2D eigenvalue weighted by Crippen LogP contribution is -2.39. The first-order valence-electron chi connectivity index (χ1n) is 14.2. The molecule has 2 N–H and O–H groups in total. The van der Waals surface area contributed by atoms with Gasteiger partial charge in [-0.2, -0.15) is 0 Å². The highest BCUT2D eigenvalue weighted by Gasteiger charge is 2.41. The SMILES string of the molecule is CC(F)C1C=CC(C2=C3C[C@H](NCCNCCc4ccccn4)CN3C(c3nccs3)=N[C@H]2c2ccc(F)cc2Cl)=N1. The molecule has 0 amide bonds. The molecule has 42 heavy (non-hydrogen) atoms. The van der Waals surface area contributed by atoms with Crippen molar-refractivity contribution in [2.45, 2.75) is 44.1 Å². The molecular formula is C31H32ClF2N7S. The minimum absolute atomic E-state index is 0.155. The predicted octanol–water partition coefficient (Wildman–Crippen LogP) is 5.32. The number of hydrogen-bond donors (Lipinski definition) is 2. The Labute approximate surface area is 253 Å². The lowest BCUT2D eigenvalue weighted by atomic mass is 9.91. The molecule has 3 aromatic rings. The van der Waals surface area contributed by atoms with Crippen LogP contribution >= 0.6 is 22.9 Å². The van der Waals surface area contributed by atoms with Crippen LogP contribution in [0.25, 0.3) is 0 Å². The van der Waals surface area contributed by atoms with Crippen molar-refractivity contribution >= 4 is 34.5 Å². The zero-order valence-electron chi connectivity index (χ0n) is 23.2. The molecule has 4 atom stereocenters. The maximum atomic E-state index is 14.3. The highest BCUT2D eigenvalue weighted by atomic mass is 35.5. The van der Waals surface area contributed by atoms with Crippen LogP contribution in [-0.2, 0) is 6.42 Å². The first-order valence-corrected chi connectivity index (χ1v) is 15.4. The first-order chi connectivity index (χ1) is 20.5. The third-order valence-corrected chi connectivity index (χ3v) is 8.74. The second kappa shape index (κ2) is 12.9. The molecule has 2 unspecified atom stereocenters. The lowest BCUT2D eigenvalue weighted by Gasteiger charge is -2.32. The number of nitrogens with one attached hydrogen (secondary N) is 2. The summed E-state index contributed by atoms with van der Waals surface area (Å²) < 4.78 is 28.3. The highest BCUT2D eigenvalue weighted by molar-refractivity contribution is 7.11. The van der Waals surface area contributed by atoms with E-state index in [4.69, 9.17) is 21.6 Å². The lowest BCUT2D eigenvalue weighted by molar-refractivity contribution is 0.337. The summed E-state index contributed by atoms with van der Waals surface area (Å²) in [6.45, 7) is 4.69. The fourth-order valence-electron chi connectivity index (χ4n) is 5.60. The van der Waals surface area contributed by atoms with Crippen LogP contribution in [0.2, 0.25) is 5.02 Å². The van der Waals surface area contributed by atoms with Crippen LogP contribution in [0.1, 0.15) is 35.7 Å². The van der Waals surface area contributed by atoms with E-state index in [1.807, 2.05) is 35.9 Å². The van der Waals surface area contributed by atoms with E-state index in [0.717, 1.165) is 60.3 Å². The molecule has 0 bridgehead atoms. The molecule has 3 aliphatic rings. The standard InChI is InChI=1S/C31H32ClF2N7S/c1-19(33)25-7-8-26(39-25)28-27-17-22(37-13-12-35-11-9-21-4-2-3-10-36-21)18-41(27)30(31-38-14-15-42-31)40-29(28)23-6-5-20(34)16-24(23)32/h2-8,10,14-16,19,22,25,29,35,37H,9,11-13,17-18H2,1H3/t19?,22-,25?,29-/m0/s1. The maximum absolute atomic E-state index is 14.3. The number of alkyl halides is 1. The molecule has 1 fully saturated rings. The zero-order valence-corrected chi connectivity index (χ0v) is 24.8. The molecule has 218 valence electrons. The van der Waals surface area contributed by atoms with Gasteiger partial charge in [-0.3, -0.25) is 15.0 Å². The number of rotatable bonds is 11. The van der Waals surface area contributed by atoms with Crippen molar-refractivity contribution < 1.29 is 8.78 Å². The van der Waals surface area contributed by atoms with E-state index in [0.29, 0.717) is 17.8 Å². The van der Waals surface area contributed by atoms with Crippen LogP contribution in [0.4, 0.5) is 8.78 Å². The van der Waals surface area contributed by atoms with Gasteiger partial charge in [0.2, 0.25) is 0 Å². The molecular weight excluding hydrogens is 576 g/mol. The van der Waals surface area contributed by atoms with Gasteiger partial charge in [0.15, 0.2) is 10.8 Å². The predicted molar refractivity (Wildman–Crippen MR) is 165 cm³/mol. The van der Waals surface area contributed by atoms with Crippen LogP contribution in [0.5, 0.6) is 0 Å². The minimum Gasteiger partial charge on any atom is -0.326 e. The number of fused-ring (bicyclic) bond motifs is 1. The number of allylic oxidation sites excluding steroid dienone is 1. The summed E-state index contributed by atoms with van der Waals surface area (Å²) in [5, 5.41) is 10.2. The molecule has 1 aromatic carbocycles. The fourth-order valence-corrected chi connectivity index (χ4v) is 6.52. The molecule has 0 aliphatic carbocycles. The Hall–Kier alpha value is -3.31. The number of aromatic nitrogens is 2. The van der Waals surface area contributed by atoms with Crippen LogP contribution < -0.4 is 10.6 Å². The molecule has 5 heterocycles. The Kier molecular flexibility index (Phi) is 8.85. The van der Waals surface area contributed by atoms with E-state index in [1.165, 1.54) is 30.4 Å². The van der Waals surface area contributed by atoms with Gasteiger partial charge in [-0.05, 0) is 37.3 Å². The van der Waals surface area contributed by atoms with Gasteiger partial charge in [0.05, 0.1) is 11.8 Å². The number of thiazole rings is 1. The second-order valence-corrected chi connectivity index (χ2v) is 11.8. The van der Waals surface area contributed by atoms with E-state index < -0.39 is 24.1 Å². The summed E-state index contributed by atoms with van der Waals surface area (Å²) in [4.78, 5) is 21.1. The Balaban J connectivity index is 1.26. The summed E-state index contributed by atoms with van der Waals surface area (Å²) in [7, 11) is 0. The van der Waals surface area contributed by atoms with Crippen molar-refractivity contribution in [3.05, 3.63) is 105 Å². The van der Waals surface area contributed by atoms with E-state index in [-0.39, 0.29) is 11.1 Å². The van der Waals surface area contributed by atoms with Crippen molar-refractivity contribution in [2.75, 3.05) is 26.2 Å². The summed E-state index contributed by atoms with van der Waals surface area (Å²) >= 11 is 8.13. The van der Waals surface area contributed by atoms with Gasteiger partial charge < -0.3 is 15.5 Å². The molecule has 1 saturated heterocycles. The molecule has 0 saturated carbocycles. The van der Waals surface area contributed by atoms with Gasteiger partial charge in [-0.1, -0.05) is 29.8 Å². The van der Waals surface area contributed by atoms with Crippen molar-refractivity contribution in [3.63, 3.8) is 0 Å². The highest BCUT2D eigenvalue weighted by Crippen LogP contribution is 2.43. The average molecular weight is 608 g/mol. The van der Waals surface area contributed by atoms with E-state index in [2.05, 4.69) is 25.5 Å². The smallest absolute Gasteiger partial charge is 0.165 e. The largest absolute Gasteiger partial charge is 0.326 e. The Morgan fingerprint density at radius 2 is 2.02 bits per heavy atom. The molecule has 0 spiro atoms. The van der Waals surface area contributed by atoms with Crippen molar-refractivity contribution in [2.24, 2.45) is 9.98 Å². The second-order valence-electron chi connectivity index (χ2n) is 10.5. The number of hydrogen-bond acceptors (Lipinski definition) is 8. The van der Waals surface area contributed by atoms with Gasteiger partial charge in [0, 0.05) is 90.4 Å². The Bertz CT molecular complexity index is 1520. The number of amidine groups is 1. The van der Waals surface area contributed by atoms with Crippen LogP contribution in [0, 0.1) is 5.82 Å². The van der Waals surface area contributed by atoms with E-state index in [1.54, 1.807) is 18.3 Å². The zero-order chi connectivity index (χ0) is 29.1. The number of aliphatic imine (C=N–C) groups is 2. The number of benzene rings is 1. The Morgan fingerprint density at radius 3 is 2.76 bits per heavy atom. The first kappa shape index (κ1) is 28.8. The van der Waals surface area contributed by atoms with Crippen molar-refractivity contribution in [3.8, 4) is 0 Å². The van der Waals surface area contributed by atoms with Gasteiger partial charge >= 0.3 is 0 Å². The molecule has 0 radical (unpaired) electrons. The number of halogens is 3. The van der Waals surface area contributed by atoms with Gasteiger partial charge in [0.1, 0.15) is 18.0 Å². The average Bonchev–Trinajstić information content (AvgIpc) is 3.76. The summed E-state index contributed by atoms with van der Waals surface area (Å²) in [5.74, 6) is 0.340. The maximum Gasteiger partial charge on any atom is 0.165 e. The Morgan fingerprint density at radius 1 is 1.12 bits per heavy atom.